The monoisotopic (exact) mass is 328 g/mol. The van der Waals surface area contributed by atoms with Crippen LogP contribution >= 0.6 is 0 Å². The summed E-state index contributed by atoms with van der Waals surface area (Å²) in [5.74, 6) is -2.10. The average molecular weight is 328 g/mol. The Labute approximate surface area is 127 Å². The number of ether oxygens (including phenoxy) is 2. The molecule has 7 nitrogen and oxygen atoms in total. The van der Waals surface area contributed by atoms with Gasteiger partial charge < -0.3 is 14.6 Å². The molecule has 3 rings (SSSR count). The van der Waals surface area contributed by atoms with Crippen LogP contribution in [-0.2, 0) is 28.6 Å². The van der Waals surface area contributed by atoms with Gasteiger partial charge in [0.25, 0.3) is 10.1 Å². The van der Waals surface area contributed by atoms with Crippen molar-refractivity contribution in [2.75, 3.05) is 6.61 Å². The van der Waals surface area contributed by atoms with Crippen LogP contribution in [0.1, 0.15) is 12.5 Å². The first-order chi connectivity index (χ1) is 10.2. The van der Waals surface area contributed by atoms with Gasteiger partial charge in [-0.2, -0.15) is 8.42 Å². The zero-order chi connectivity index (χ0) is 16.1. The molecule has 8 heteroatoms. The van der Waals surface area contributed by atoms with Crippen molar-refractivity contribution in [3.05, 3.63) is 29.8 Å². The fourth-order valence-corrected chi connectivity index (χ4v) is 3.62. The zero-order valence-corrected chi connectivity index (χ0v) is 12.9. The van der Waals surface area contributed by atoms with Crippen molar-refractivity contribution in [1.29, 1.82) is 0 Å². The Balaban J connectivity index is 1.87. The Morgan fingerprint density at radius 2 is 2.00 bits per heavy atom. The van der Waals surface area contributed by atoms with Crippen molar-refractivity contribution in [3.8, 4) is 0 Å². The molecule has 0 saturated carbocycles. The number of hydrogen-bond donors (Lipinski definition) is 1. The summed E-state index contributed by atoms with van der Waals surface area (Å²) in [5, 5.41) is 10.1. The number of hydrogen-bond acceptors (Lipinski definition) is 7. The van der Waals surface area contributed by atoms with Crippen LogP contribution in [0.15, 0.2) is 29.2 Å². The summed E-state index contributed by atoms with van der Waals surface area (Å²) >= 11 is 0. The van der Waals surface area contributed by atoms with E-state index in [4.69, 9.17) is 13.7 Å². The predicted molar refractivity (Wildman–Crippen MR) is 73.5 cm³/mol. The molecule has 2 fully saturated rings. The molecule has 2 aliphatic rings. The van der Waals surface area contributed by atoms with Gasteiger partial charge in [0.1, 0.15) is 24.9 Å². The lowest BCUT2D eigenvalue weighted by molar-refractivity contribution is -0.332. The standard InChI is InChI=1S/C14H16O7S/c1-8-3-5-10(6-4-8)22(17,18)21-12-11(9(2)15)20-14(16)7-19-13(12)14/h3-6,11-13,16H,7H2,1-2H3/t11-,12+,13-,14+/m1/s1. The quantitative estimate of drug-likeness (QED) is 0.785. The molecule has 1 aromatic carbocycles. The van der Waals surface area contributed by atoms with Crippen LogP contribution in [0, 0.1) is 6.92 Å². The summed E-state index contributed by atoms with van der Waals surface area (Å²) in [6, 6.07) is 6.11. The van der Waals surface area contributed by atoms with Crippen LogP contribution in [0.2, 0.25) is 0 Å². The number of carbonyl (C=O) groups is 1. The Morgan fingerprint density at radius 1 is 1.36 bits per heavy atom. The Bertz CT molecular complexity index is 696. The number of fused-ring (bicyclic) bond motifs is 1. The van der Waals surface area contributed by atoms with Gasteiger partial charge in [0.05, 0.1) is 4.90 Å². The molecular formula is C14H16O7S. The minimum atomic E-state index is -4.10. The molecule has 120 valence electrons. The van der Waals surface area contributed by atoms with Crippen molar-refractivity contribution in [3.63, 3.8) is 0 Å². The maximum atomic E-state index is 12.3. The molecule has 0 radical (unpaired) electrons. The van der Waals surface area contributed by atoms with Gasteiger partial charge in [-0.05, 0) is 26.0 Å². The molecule has 0 spiro atoms. The third kappa shape index (κ3) is 2.46. The molecule has 22 heavy (non-hydrogen) atoms. The second-order valence-corrected chi connectivity index (χ2v) is 7.13. The van der Waals surface area contributed by atoms with E-state index in [1.807, 2.05) is 6.92 Å². The van der Waals surface area contributed by atoms with Gasteiger partial charge in [0.2, 0.25) is 5.79 Å². The minimum absolute atomic E-state index is 0.0323. The SMILES string of the molecule is CC(=O)[C@H]1O[C@@]2(O)CO[C@@H]2[C@H]1OS(=O)(=O)c1ccc(C)cc1. The molecule has 0 amide bonds. The van der Waals surface area contributed by atoms with Crippen molar-refractivity contribution >= 4 is 15.9 Å². The number of carbonyl (C=O) groups excluding carboxylic acids is 1. The maximum Gasteiger partial charge on any atom is 0.297 e. The molecule has 4 atom stereocenters. The highest BCUT2D eigenvalue weighted by molar-refractivity contribution is 7.86. The lowest BCUT2D eigenvalue weighted by atomic mass is 10.00. The molecule has 2 aliphatic heterocycles. The highest BCUT2D eigenvalue weighted by atomic mass is 32.2. The van der Waals surface area contributed by atoms with Gasteiger partial charge in [0.15, 0.2) is 5.78 Å². The lowest BCUT2D eigenvalue weighted by Crippen LogP contribution is -2.59. The number of Topliss-reactive ketones (excluding diaryl/α,β-unsaturated/α-hetero) is 1. The number of rotatable bonds is 4. The predicted octanol–water partition coefficient (Wildman–Crippen LogP) is 0.144. The average Bonchev–Trinajstić information content (AvgIpc) is 2.60. The summed E-state index contributed by atoms with van der Waals surface area (Å²) in [6.45, 7) is 2.95. The van der Waals surface area contributed by atoms with E-state index in [9.17, 15) is 18.3 Å². The number of ketones is 1. The zero-order valence-electron chi connectivity index (χ0n) is 12.1. The number of aliphatic hydroxyl groups is 1. The molecule has 1 N–H and O–H groups in total. The van der Waals surface area contributed by atoms with Gasteiger partial charge in [-0.1, -0.05) is 17.7 Å². The molecule has 2 heterocycles. The third-order valence-corrected chi connectivity index (χ3v) is 5.12. The fraction of sp³-hybridized carbons (Fsp3) is 0.500. The maximum absolute atomic E-state index is 12.3. The van der Waals surface area contributed by atoms with Crippen LogP contribution < -0.4 is 0 Å². The van der Waals surface area contributed by atoms with E-state index in [1.54, 1.807) is 12.1 Å². The first-order valence-electron chi connectivity index (χ1n) is 6.75. The van der Waals surface area contributed by atoms with Crippen molar-refractivity contribution in [2.45, 2.75) is 42.8 Å². The second-order valence-electron chi connectivity index (χ2n) is 5.55. The van der Waals surface area contributed by atoms with Crippen LogP contribution in [0.5, 0.6) is 0 Å². The van der Waals surface area contributed by atoms with Gasteiger partial charge in [0, 0.05) is 0 Å². The van der Waals surface area contributed by atoms with Crippen LogP contribution in [0.3, 0.4) is 0 Å². The van der Waals surface area contributed by atoms with Crippen molar-refractivity contribution in [1.82, 2.24) is 0 Å². The summed E-state index contributed by atoms with van der Waals surface area (Å²) in [4.78, 5) is 11.6. The third-order valence-electron chi connectivity index (χ3n) is 3.79. The van der Waals surface area contributed by atoms with Gasteiger partial charge in [-0.3, -0.25) is 8.98 Å². The highest BCUT2D eigenvalue weighted by Crippen LogP contribution is 2.42. The normalized spacial score (nSPS) is 34.0. The van der Waals surface area contributed by atoms with Crippen LogP contribution in [-0.4, -0.2) is 50.0 Å². The molecular weight excluding hydrogens is 312 g/mol. The summed E-state index contributed by atoms with van der Waals surface area (Å²) < 4.78 is 40.1. The molecule has 0 unspecified atom stereocenters. The van der Waals surface area contributed by atoms with E-state index in [-0.39, 0.29) is 11.5 Å². The first kappa shape index (κ1) is 15.6. The molecule has 0 aliphatic carbocycles. The summed E-state index contributed by atoms with van der Waals surface area (Å²) in [5.41, 5.74) is 0.904. The Kier molecular flexibility index (Phi) is 3.61. The lowest BCUT2D eigenvalue weighted by Gasteiger charge is -2.39. The van der Waals surface area contributed by atoms with Gasteiger partial charge in [-0.15, -0.1) is 0 Å². The molecule has 1 aromatic rings. The van der Waals surface area contributed by atoms with Crippen LogP contribution in [0.4, 0.5) is 0 Å². The molecule has 0 bridgehead atoms. The van der Waals surface area contributed by atoms with E-state index in [0.29, 0.717) is 0 Å². The van der Waals surface area contributed by atoms with Crippen molar-refractivity contribution in [2.24, 2.45) is 0 Å². The fourth-order valence-electron chi connectivity index (χ4n) is 2.54. The number of aryl methyl sites for hydroxylation is 1. The number of benzene rings is 1. The first-order valence-corrected chi connectivity index (χ1v) is 8.16. The van der Waals surface area contributed by atoms with E-state index in [0.717, 1.165) is 5.56 Å². The molecule has 0 aromatic heterocycles. The largest absolute Gasteiger partial charge is 0.364 e. The van der Waals surface area contributed by atoms with E-state index >= 15 is 0 Å². The summed E-state index contributed by atoms with van der Waals surface area (Å²) in [7, 11) is -4.10. The van der Waals surface area contributed by atoms with E-state index < -0.39 is 40.0 Å². The minimum Gasteiger partial charge on any atom is -0.364 e. The highest BCUT2D eigenvalue weighted by Gasteiger charge is 2.64. The van der Waals surface area contributed by atoms with Gasteiger partial charge in [-0.25, -0.2) is 0 Å². The van der Waals surface area contributed by atoms with Gasteiger partial charge >= 0.3 is 0 Å². The van der Waals surface area contributed by atoms with E-state index in [1.165, 1.54) is 19.1 Å². The molecule has 2 saturated heterocycles. The second kappa shape index (κ2) is 5.10. The topological polar surface area (TPSA) is 99.1 Å². The summed E-state index contributed by atoms with van der Waals surface area (Å²) in [6.07, 6.45) is -3.39. The van der Waals surface area contributed by atoms with Crippen LogP contribution in [0.25, 0.3) is 0 Å². The smallest absolute Gasteiger partial charge is 0.297 e. The Hall–Kier alpha value is -1.32. The Morgan fingerprint density at radius 3 is 2.50 bits per heavy atom. The van der Waals surface area contributed by atoms with Crippen molar-refractivity contribution < 1.29 is 32.0 Å². The van der Waals surface area contributed by atoms with E-state index in [2.05, 4.69) is 0 Å².